The molecule has 0 bridgehead atoms. The van der Waals surface area contributed by atoms with Crippen LogP contribution in [0.3, 0.4) is 0 Å². The van der Waals surface area contributed by atoms with E-state index in [9.17, 15) is 4.79 Å². The Morgan fingerprint density at radius 3 is 2.63 bits per heavy atom. The van der Waals surface area contributed by atoms with Gasteiger partial charge in [0.25, 0.3) is 5.91 Å². The summed E-state index contributed by atoms with van der Waals surface area (Å²) < 4.78 is 2.89. The van der Waals surface area contributed by atoms with Crippen molar-refractivity contribution in [3.63, 3.8) is 0 Å². The molecule has 0 saturated carbocycles. The normalized spacial score (nSPS) is 11.0. The maximum absolute atomic E-state index is 12.5. The Hall–Kier alpha value is -3.91. The summed E-state index contributed by atoms with van der Waals surface area (Å²) in [6, 6.07) is 17.2. The third kappa shape index (κ3) is 3.56. The first-order valence-electron chi connectivity index (χ1n) is 9.27. The maximum Gasteiger partial charge on any atom is 0.276 e. The highest BCUT2D eigenvalue weighted by Crippen LogP contribution is 2.31. The van der Waals surface area contributed by atoms with Crippen molar-refractivity contribution in [2.45, 2.75) is 6.92 Å². The van der Waals surface area contributed by atoms with E-state index in [0.29, 0.717) is 11.5 Å². The average molecular weight is 412 g/mol. The van der Waals surface area contributed by atoms with E-state index in [1.807, 2.05) is 30.3 Å². The van der Waals surface area contributed by atoms with Crippen molar-refractivity contribution in [1.82, 2.24) is 24.7 Å². The zero-order valence-corrected chi connectivity index (χ0v) is 16.8. The number of benzene rings is 2. The highest BCUT2D eigenvalue weighted by atomic mass is 32.1. The fourth-order valence-corrected chi connectivity index (χ4v) is 4.09. The van der Waals surface area contributed by atoms with Gasteiger partial charge >= 0.3 is 0 Å². The number of thiazole rings is 1. The van der Waals surface area contributed by atoms with Gasteiger partial charge in [-0.05, 0) is 61.0 Å². The molecule has 0 aliphatic rings. The van der Waals surface area contributed by atoms with E-state index < -0.39 is 0 Å². The van der Waals surface area contributed by atoms with Crippen LogP contribution >= 0.6 is 11.3 Å². The molecule has 30 heavy (non-hydrogen) atoms. The summed E-state index contributed by atoms with van der Waals surface area (Å²) in [5.41, 5.74) is 4.15. The molecule has 5 aromatic rings. The number of hydrogen-bond acceptors (Lipinski definition) is 6. The van der Waals surface area contributed by atoms with Crippen LogP contribution in [-0.2, 0) is 0 Å². The summed E-state index contributed by atoms with van der Waals surface area (Å²) in [4.78, 5) is 21.1. The molecule has 3 heterocycles. The molecule has 7 nitrogen and oxygen atoms in total. The number of fused-ring (bicyclic) bond motifs is 1. The number of aromatic nitrogens is 5. The second-order valence-corrected chi connectivity index (χ2v) is 7.80. The van der Waals surface area contributed by atoms with Crippen molar-refractivity contribution < 1.29 is 4.79 Å². The van der Waals surface area contributed by atoms with E-state index in [1.54, 1.807) is 46.8 Å². The molecule has 1 N–H and O–H groups in total. The lowest BCUT2D eigenvalue weighted by atomic mass is 10.2. The van der Waals surface area contributed by atoms with Crippen LogP contribution in [0.15, 0.2) is 73.3 Å². The maximum atomic E-state index is 12.5. The fraction of sp³-hybridized carbons (Fsp3) is 0.0455. The lowest BCUT2D eigenvalue weighted by Crippen LogP contribution is -2.14. The third-order valence-electron chi connectivity index (χ3n) is 4.59. The molecule has 2 aromatic carbocycles. The first kappa shape index (κ1) is 18.1. The van der Waals surface area contributed by atoms with Gasteiger partial charge in [0.15, 0.2) is 11.5 Å². The summed E-state index contributed by atoms with van der Waals surface area (Å²) in [6.45, 7) is 2.08. The number of imidazole rings is 1. The van der Waals surface area contributed by atoms with Gasteiger partial charge in [0.05, 0.1) is 10.2 Å². The fourth-order valence-electron chi connectivity index (χ4n) is 3.03. The van der Waals surface area contributed by atoms with Crippen LogP contribution in [0.1, 0.15) is 16.1 Å². The predicted molar refractivity (Wildman–Crippen MR) is 117 cm³/mol. The molecule has 0 aliphatic heterocycles. The summed E-state index contributed by atoms with van der Waals surface area (Å²) >= 11 is 1.66. The molecule has 0 fully saturated rings. The van der Waals surface area contributed by atoms with Crippen LogP contribution in [0.2, 0.25) is 0 Å². The number of rotatable bonds is 4. The van der Waals surface area contributed by atoms with Crippen LogP contribution in [-0.4, -0.2) is 30.6 Å². The van der Waals surface area contributed by atoms with E-state index in [-0.39, 0.29) is 11.6 Å². The van der Waals surface area contributed by atoms with Gasteiger partial charge in [0.1, 0.15) is 11.3 Å². The molecule has 0 atom stereocenters. The van der Waals surface area contributed by atoms with Crippen LogP contribution < -0.4 is 5.32 Å². The molecule has 0 spiro atoms. The summed E-state index contributed by atoms with van der Waals surface area (Å²) in [5.74, 6) is 0.280. The Bertz CT molecular complexity index is 1320. The molecule has 3 aromatic heterocycles. The van der Waals surface area contributed by atoms with Gasteiger partial charge in [0.2, 0.25) is 0 Å². The van der Waals surface area contributed by atoms with Crippen molar-refractivity contribution in [2.24, 2.45) is 0 Å². The Labute approximate surface area is 176 Å². The minimum Gasteiger partial charge on any atom is -0.321 e. The Morgan fingerprint density at radius 1 is 1.03 bits per heavy atom. The van der Waals surface area contributed by atoms with Gasteiger partial charge in [-0.15, -0.1) is 21.5 Å². The first-order chi connectivity index (χ1) is 14.7. The van der Waals surface area contributed by atoms with Gasteiger partial charge in [-0.3, -0.25) is 9.36 Å². The second kappa shape index (κ2) is 7.49. The molecule has 5 rings (SSSR count). The number of hydrogen-bond donors (Lipinski definition) is 1. The van der Waals surface area contributed by atoms with E-state index >= 15 is 0 Å². The monoisotopic (exact) mass is 412 g/mol. The van der Waals surface area contributed by atoms with Gasteiger partial charge in [-0.2, -0.15) is 0 Å². The molecule has 1 amide bonds. The molecule has 0 unspecified atom stereocenters. The molecular formula is C22H16N6OS. The molecule has 0 aliphatic carbocycles. The Kier molecular flexibility index (Phi) is 4.53. The second-order valence-electron chi connectivity index (χ2n) is 6.77. The van der Waals surface area contributed by atoms with Crippen LogP contribution in [0.5, 0.6) is 0 Å². The molecule has 0 saturated heterocycles. The molecular weight excluding hydrogens is 396 g/mol. The quantitative estimate of drug-likeness (QED) is 0.470. The average Bonchev–Trinajstić information content (AvgIpc) is 3.44. The van der Waals surface area contributed by atoms with Crippen molar-refractivity contribution >= 4 is 33.1 Å². The molecule has 8 heteroatoms. The van der Waals surface area contributed by atoms with Crippen molar-refractivity contribution in [3.05, 3.63) is 84.6 Å². The first-order valence-corrected chi connectivity index (χ1v) is 10.1. The standard InChI is InChI=1S/C22H16N6OS/c1-14-2-7-17-19(12-14)30-22(25-17)15-3-5-16(6-4-15)24-21(29)18-8-9-20(27-26-18)28-11-10-23-13-28/h2-13H,1H3,(H,24,29). The highest BCUT2D eigenvalue weighted by molar-refractivity contribution is 7.21. The largest absolute Gasteiger partial charge is 0.321 e. The number of aryl methyl sites for hydroxylation is 1. The van der Waals surface area contributed by atoms with E-state index in [0.717, 1.165) is 16.1 Å². The van der Waals surface area contributed by atoms with Crippen molar-refractivity contribution in [1.29, 1.82) is 0 Å². The van der Waals surface area contributed by atoms with Gasteiger partial charge in [-0.25, -0.2) is 9.97 Å². The van der Waals surface area contributed by atoms with Crippen LogP contribution in [0.25, 0.3) is 26.6 Å². The van der Waals surface area contributed by atoms with E-state index in [4.69, 9.17) is 4.98 Å². The number of carbonyl (C=O) groups is 1. The van der Waals surface area contributed by atoms with Crippen LogP contribution in [0, 0.1) is 6.92 Å². The number of nitrogens with zero attached hydrogens (tertiary/aromatic N) is 5. The van der Waals surface area contributed by atoms with Crippen molar-refractivity contribution in [3.8, 4) is 16.4 Å². The summed E-state index contributed by atoms with van der Waals surface area (Å²) in [5, 5.41) is 11.9. The minimum absolute atomic E-state index is 0.240. The summed E-state index contributed by atoms with van der Waals surface area (Å²) in [7, 11) is 0. The van der Waals surface area contributed by atoms with Crippen molar-refractivity contribution in [2.75, 3.05) is 5.32 Å². The Morgan fingerprint density at radius 2 is 1.90 bits per heavy atom. The number of amides is 1. The number of nitrogens with one attached hydrogen (secondary N) is 1. The third-order valence-corrected chi connectivity index (χ3v) is 5.65. The SMILES string of the molecule is Cc1ccc2nc(-c3ccc(NC(=O)c4ccc(-n5ccnc5)nn4)cc3)sc2c1. The smallest absolute Gasteiger partial charge is 0.276 e. The van der Waals surface area contributed by atoms with Gasteiger partial charge in [0, 0.05) is 23.6 Å². The number of carbonyl (C=O) groups excluding carboxylic acids is 1. The van der Waals surface area contributed by atoms with E-state index in [1.165, 1.54) is 10.3 Å². The topological polar surface area (TPSA) is 85.6 Å². The number of anilines is 1. The predicted octanol–water partition coefficient (Wildman–Crippen LogP) is 4.50. The minimum atomic E-state index is -0.317. The zero-order chi connectivity index (χ0) is 20.5. The van der Waals surface area contributed by atoms with Gasteiger partial charge < -0.3 is 5.32 Å². The molecule has 0 radical (unpaired) electrons. The lowest BCUT2D eigenvalue weighted by Gasteiger charge is -2.06. The zero-order valence-electron chi connectivity index (χ0n) is 16.0. The Balaban J connectivity index is 1.31. The molecule has 146 valence electrons. The lowest BCUT2D eigenvalue weighted by molar-refractivity contribution is 0.102. The van der Waals surface area contributed by atoms with Crippen LogP contribution in [0.4, 0.5) is 5.69 Å². The summed E-state index contributed by atoms with van der Waals surface area (Å²) in [6.07, 6.45) is 5.04. The van der Waals surface area contributed by atoms with Gasteiger partial charge in [-0.1, -0.05) is 6.07 Å². The highest BCUT2D eigenvalue weighted by Gasteiger charge is 2.11. The van der Waals surface area contributed by atoms with E-state index in [2.05, 4.69) is 39.6 Å².